The van der Waals surface area contributed by atoms with E-state index in [0.717, 1.165) is 27.4 Å². The summed E-state index contributed by atoms with van der Waals surface area (Å²) in [5.41, 5.74) is 3.41. The van der Waals surface area contributed by atoms with Gasteiger partial charge in [0.05, 0.1) is 49.6 Å². The molecule has 1 atom stereocenters. The number of methoxy groups -OCH3 is 2. The summed E-state index contributed by atoms with van der Waals surface area (Å²) in [7, 11) is 3.19. The van der Waals surface area contributed by atoms with Crippen molar-refractivity contribution in [2.75, 3.05) is 20.0 Å². The second-order valence-corrected chi connectivity index (χ2v) is 12.3. The largest absolute Gasteiger partial charge is 0.493 e. The van der Waals surface area contributed by atoms with E-state index in [2.05, 4.69) is 15.5 Å². The van der Waals surface area contributed by atoms with Crippen LogP contribution in [0.4, 0.5) is 0 Å². The van der Waals surface area contributed by atoms with E-state index in [4.69, 9.17) is 14.6 Å². The molecule has 0 bridgehead atoms. The third-order valence-corrected chi connectivity index (χ3v) is 9.29. The van der Waals surface area contributed by atoms with Crippen molar-refractivity contribution in [3.05, 3.63) is 118 Å². The maximum atomic E-state index is 13.9. The summed E-state index contributed by atoms with van der Waals surface area (Å²) < 4.78 is 13.2. The average molecular weight is 653 g/mol. The van der Waals surface area contributed by atoms with Crippen LogP contribution in [-0.4, -0.2) is 57.3 Å². The molecule has 0 saturated heterocycles. The quantitative estimate of drug-likeness (QED) is 0.173. The number of hydrogen-bond acceptors (Lipinski definition) is 9. The first-order valence-corrected chi connectivity index (χ1v) is 16.5. The Labute approximate surface area is 275 Å². The molecule has 1 aliphatic heterocycles. The van der Waals surface area contributed by atoms with Crippen LogP contribution in [0, 0.1) is 0 Å². The summed E-state index contributed by atoms with van der Waals surface area (Å²) in [5.74, 6) is 1.48. The van der Waals surface area contributed by atoms with Crippen molar-refractivity contribution in [3.8, 4) is 17.2 Å². The molecule has 2 amide bonds. The number of ether oxygens (including phenoxy) is 2. The number of thiophene rings is 1. The van der Waals surface area contributed by atoms with E-state index in [1.54, 1.807) is 30.6 Å². The number of thioether (sulfide) groups is 1. The van der Waals surface area contributed by atoms with Gasteiger partial charge in [-0.15, -0.1) is 21.5 Å². The van der Waals surface area contributed by atoms with Gasteiger partial charge in [-0.05, 0) is 35.2 Å². The molecule has 6 rings (SSSR count). The van der Waals surface area contributed by atoms with E-state index < -0.39 is 0 Å². The zero-order chi connectivity index (χ0) is 31.9. The molecular formula is C34H32N6O4S2. The Morgan fingerprint density at radius 3 is 2.43 bits per heavy atom. The number of nitrogens with one attached hydrogen (secondary N) is 1. The molecular weight excluding hydrogens is 621 g/mol. The molecule has 3 heterocycles. The standard InChI is InChI=1S/C34H32N6O4S2/c1-43-28-16-9-15-25(33(28)44-2)27-20-26(29-17-10-18-45-29)38-40(27)32(42)22-46-34-37-36-30(39(34)24-13-7-4-8-14-24)21-35-31(41)19-23-11-5-3-6-12-23/h3-18,27H,19-22H2,1-2H3,(H,35,41)/t27-/m1/s1. The van der Waals surface area contributed by atoms with Gasteiger partial charge in [0, 0.05) is 17.7 Å². The third kappa shape index (κ3) is 6.82. The van der Waals surface area contributed by atoms with Gasteiger partial charge in [-0.2, -0.15) is 5.10 Å². The van der Waals surface area contributed by atoms with Gasteiger partial charge in [0.2, 0.25) is 5.91 Å². The van der Waals surface area contributed by atoms with Gasteiger partial charge >= 0.3 is 0 Å². The van der Waals surface area contributed by atoms with Gasteiger partial charge in [-0.25, -0.2) is 5.01 Å². The van der Waals surface area contributed by atoms with Gasteiger partial charge in [-0.1, -0.05) is 78.5 Å². The monoisotopic (exact) mass is 652 g/mol. The van der Waals surface area contributed by atoms with Crippen LogP contribution in [0.2, 0.25) is 0 Å². The zero-order valence-electron chi connectivity index (χ0n) is 25.3. The summed E-state index contributed by atoms with van der Waals surface area (Å²) in [6, 6.07) is 28.5. The Hall–Kier alpha value is -4.94. The zero-order valence-corrected chi connectivity index (χ0v) is 27.0. The fourth-order valence-electron chi connectivity index (χ4n) is 5.31. The van der Waals surface area contributed by atoms with Crippen LogP contribution in [0.1, 0.15) is 34.3 Å². The molecule has 1 aliphatic rings. The predicted octanol–water partition coefficient (Wildman–Crippen LogP) is 5.67. The molecule has 0 radical (unpaired) electrons. The van der Waals surface area contributed by atoms with Gasteiger partial charge in [-0.3, -0.25) is 14.2 Å². The van der Waals surface area contributed by atoms with Crippen LogP contribution in [0.5, 0.6) is 11.5 Å². The number of carbonyl (C=O) groups excluding carboxylic acids is 2. The van der Waals surface area contributed by atoms with Crippen LogP contribution in [0.15, 0.2) is 107 Å². The van der Waals surface area contributed by atoms with Crippen molar-refractivity contribution < 1.29 is 19.1 Å². The normalized spacial score (nSPS) is 14.2. The summed E-state index contributed by atoms with van der Waals surface area (Å²) >= 11 is 2.86. The van der Waals surface area contributed by atoms with Gasteiger partial charge < -0.3 is 14.8 Å². The third-order valence-electron chi connectivity index (χ3n) is 7.45. The number of benzene rings is 3. The Balaban J connectivity index is 1.23. The summed E-state index contributed by atoms with van der Waals surface area (Å²) in [4.78, 5) is 27.6. The van der Waals surface area contributed by atoms with Crippen molar-refractivity contribution >= 4 is 40.6 Å². The van der Waals surface area contributed by atoms with Crippen molar-refractivity contribution in [3.63, 3.8) is 0 Å². The Kier molecular flexibility index (Phi) is 9.75. The molecule has 3 aromatic carbocycles. The minimum absolute atomic E-state index is 0.0648. The number of carbonyl (C=O) groups is 2. The molecule has 0 saturated carbocycles. The second kappa shape index (κ2) is 14.4. The first-order valence-electron chi connectivity index (χ1n) is 14.6. The minimum atomic E-state index is -0.377. The van der Waals surface area contributed by atoms with E-state index in [9.17, 15) is 9.59 Å². The predicted molar refractivity (Wildman–Crippen MR) is 179 cm³/mol. The molecule has 10 nitrogen and oxygen atoms in total. The topological polar surface area (TPSA) is 111 Å². The second-order valence-electron chi connectivity index (χ2n) is 10.4. The van der Waals surface area contributed by atoms with Gasteiger partial charge in [0.15, 0.2) is 22.5 Å². The van der Waals surface area contributed by atoms with Crippen molar-refractivity contribution in [2.45, 2.75) is 30.6 Å². The lowest BCUT2D eigenvalue weighted by Gasteiger charge is -2.24. The molecule has 0 fully saturated rings. The highest BCUT2D eigenvalue weighted by Gasteiger charge is 2.36. The number of para-hydroxylation sites is 2. The number of hydrazone groups is 1. The Morgan fingerprint density at radius 1 is 0.935 bits per heavy atom. The summed E-state index contributed by atoms with van der Waals surface area (Å²) in [5, 5.41) is 20.7. The van der Waals surface area contributed by atoms with Crippen LogP contribution in [-0.2, 0) is 22.6 Å². The molecule has 0 unspecified atom stereocenters. The summed E-state index contributed by atoms with van der Waals surface area (Å²) in [6.07, 6.45) is 0.799. The van der Waals surface area contributed by atoms with E-state index in [0.29, 0.717) is 28.9 Å². The highest BCUT2D eigenvalue weighted by atomic mass is 32.2. The fourth-order valence-corrected chi connectivity index (χ4v) is 6.85. The average Bonchev–Trinajstić information content (AvgIpc) is 3.87. The highest BCUT2D eigenvalue weighted by molar-refractivity contribution is 7.99. The number of nitrogens with zero attached hydrogens (tertiary/aromatic N) is 5. The summed E-state index contributed by atoms with van der Waals surface area (Å²) in [6.45, 7) is 0.181. The minimum Gasteiger partial charge on any atom is -0.493 e. The van der Waals surface area contributed by atoms with Crippen LogP contribution in [0.3, 0.4) is 0 Å². The van der Waals surface area contributed by atoms with Gasteiger partial charge in [0.1, 0.15) is 0 Å². The molecule has 234 valence electrons. The maximum Gasteiger partial charge on any atom is 0.253 e. The first kappa shape index (κ1) is 31.1. The number of amides is 2. The van der Waals surface area contributed by atoms with Crippen LogP contribution >= 0.6 is 23.1 Å². The molecule has 0 spiro atoms. The number of hydrogen-bond donors (Lipinski definition) is 1. The van der Waals surface area contributed by atoms with Crippen molar-refractivity contribution in [1.29, 1.82) is 0 Å². The number of aromatic nitrogens is 3. The SMILES string of the molecule is COc1cccc([C@H]2CC(c3cccs3)=NN2C(=O)CSc2nnc(CNC(=O)Cc3ccccc3)n2-c2ccccc2)c1OC. The Morgan fingerprint density at radius 2 is 1.72 bits per heavy atom. The molecule has 46 heavy (non-hydrogen) atoms. The Bertz CT molecular complexity index is 1830. The van der Waals surface area contributed by atoms with Crippen LogP contribution in [0.25, 0.3) is 5.69 Å². The van der Waals surface area contributed by atoms with E-state index in [-0.39, 0.29) is 36.6 Å². The van der Waals surface area contributed by atoms with Crippen LogP contribution < -0.4 is 14.8 Å². The van der Waals surface area contributed by atoms with Crippen molar-refractivity contribution in [1.82, 2.24) is 25.1 Å². The molecule has 2 aromatic heterocycles. The lowest BCUT2D eigenvalue weighted by atomic mass is 9.99. The fraction of sp³-hybridized carbons (Fsp3) is 0.206. The molecule has 5 aromatic rings. The maximum absolute atomic E-state index is 13.9. The van der Waals surface area contributed by atoms with E-state index >= 15 is 0 Å². The number of rotatable bonds is 12. The lowest BCUT2D eigenvalue weighted by molar-refractivity contribution is -0.130. The van der Waals surface area contributed by atoms with Gasteiger partial charge in [0.25, 0.3) is 5.91 Å². The molecule has 0 aliphatic carbocycles. The lowest BCUT2D eigenvalue weighted by Crippen LogP contribution is -2.29. The smallest absolute Gasteiger partial charge is 0.253 e. The first-order chi connectivity index (χ1) is 22.6. The van der Waals surface area contributed by atoms with E-state index in [1.807, 2.05) is 101 Å². The molecule has 12 heteroatoms. The molecule has 1 N–H and O–H groups in total. The highest BCUT2D eigenvalue weighted by Crippen LogP contribution is 2.42. The van der Waals surface area contributed by atoms with E-state index in [1.165, 1.54) is 11.8 Å². The van der Waals surface area contributed by atoms with Crippen molar-refractivity contribution in [2.24, 2.45) is 5.10 Å².